The van der Waals surface area contributed by atoms with E-state index in [1.165, 1.54) is 5.56 Å². The number of nitrogens with one attached hydrogen (secondary N) is 1. The van der Waals surface area contributed by atoms with Gasteiger partial charge in [0.05, 0.1) is 6.04 Å². The number of hydrogen-bond donors (Lipinski definition) is 1. The molecule has 1 aliphatic rings. The van der Waals surface area contributed by atoms with Crippen molar-refractivity contribution in [2.45, 2.75) is 45.6 Å². The first-order chi connectivity index (χ1) is 11.6. The number of carbonyl (C=O) groups is 1. The third-order valence-electron chi connectivity index (χ3n) is 4.66. The van der Waals surface area contributed by atoms with Crippen molar-refractivity contribution in [1.82, 2.24) is 15.2 Å². The van der Waals surface area contributed by atoms with Crippen LogP contribution in [0.15, 0.2) is 35.0 Å². The van der Waals surface area contributed by atoms with E-state index in [2.05, 4.69) is 10.3 Å². The largest absolute Gasteiger partial charge is 0.464 e. The molecule has 0 saturated carbocycles. The van der Waals surface area contributed by atoms with Crippen molar-refractivity contribution in [3.8, 4) is 0 Å². The molecule has 0 aliphatic carbocycles. The molecule has 2 amide bonds. The van der Waals surface area contributed by atoms with Gasteiger partial charge in [-0.2, -0.15) is 0 Å². The van der Waals surface area contributed by atoms with E-state index < -0.39 is 0 Å². The second kappa shape index (κ2) is 7.51. The van der Waals surface area contributed by atoms with E-state index in [0.29, 0.717) is 6.54 Å². The highest BCUT2D eigenvalue weighted by atomic mass is 16.3. The molecule has 1 aliphatic heterocycles. The molecule has 0 radical (unpaired) electrons. The Kier molecular flexibility index (Phi) is 5.18. The number of rotatable bonds is 4. The summed E-state index contributed by atoms with van der Waals surface area (Å²) in [5, 5.41) is 3.06. The average molecular weight is 327 g/mol. The zero-order chi connectivity index (χ0) is 16.9. The lowest BCUT2D eigenvalue weighted by atomic mass is 10.0. The molecule has 1 saturated heterocycles. The van der Waals surface area contributed by atoms with Crippen molar-refractivity contribution < 1.29 is 9.21 Å². The number of pyridine rings is 1. The third-order valence-corrected chi connectivity index (χ3v) is 4.66. The molecule has 24 heavy (non-hydrogen) atoms. The maximum absolute atomic E-state index is 12.6. The number of likely N-dealkylation sites (tertiary alicyclic amines) is 1. The molecule has 3 heterocycles. The van der Waals surface area contributed by atoms with Gasteiger partial charge in [0, 0.05) is 25.5 Å². The summed E-state index contributed by atoms with van der Waals surface area (Å²) in [5.41, 5.74) is 2.39. The molecule has 0 spiro atoms. The summed E-state index contributed by atoms with van der Waals surface area (Å²) in [6.07, 6.45) is 7.61. The number of carbonyl (C=O) groups excluding carboxylic acids is 1. The Morgan fingerprint density at radius 3 is 2.96 bits per heavy atom. The van der Waals surface area contributed by atoms with Crippen molar-refractivity contribution in [3.63, 3.8) is 0 Å². The van der Waals surface area contributed by atoms with Gasteiger partial charge in [-0.25, -0.2) is 4.79 Å². The second-order valence-electron chi connectivity index (χ2n) is 6.44. The zero-order valence-corrected chi connectivity index (χ0v) is 14.4. The SMILES string of the molecule is Cc1ccc(C2CCCCN2C(=O)NCCc2ccncc2C)o1. The minimum absolute atomic E-state index is 0.000428. The first-order valence-corrected chi connectivity index (χ1v) is 8.65. The number of urea groups is 1. The van der Waals surface area contributed by atoms with Crippen molar-refractivity contribution in [2.75, 3.05) is 13.1 Å². The number of piperidine rings is 1. The fourth-order valence-electron chi connectivity index (χ4n) is 3.29. The molecular weight excluding hydrogens is 302 g/mol. The number of nitrogens with zero attached hydrogens (tertiary/aromatic N) is 2. The van der Waals surface area contributed by atoms with Crippen LogP contribution in [0.3, 0.4) is 0 Å². The fourth-order valence-corrected chi connectivity index (χ4v) is 3.29. The summed E-state index contributed by atoms with van der Waals surface area (Å²) >= 11 is 0. The van der Waals surface area contributed by atoms with Crippen LogP contribution >= 0.6 is 0 Å². The van der Waals surface area contributed by atoms with Gasteiger partial charge in [0.25, 0.3) is 0 Å². The van der Waals surface area contributed by atoms with Gasteiger partial charge in [-0.1, -0.05) is 0 Å². The van der Waals surface area contributed by atoms with Crippen LogP contribution in [-0.4, -0.2) is 29.0 Å². The predicted molar refractivity (Wildman–Crippen MR) is 92.8 cm³/mol. The van der Waals surface area contributed by atoms with Crippen molar-refractivity contribution in [3.05, 3.63) is 53.2 Å². The Hall–Kier alpha value is -2.30. The van der Waals surface area contributed by atoms with Crippen molar-refractivity contribution in [2.24, 2.45) is 0 Å². The summed E-state index contributed by atoms with van der Waals surface area (Å²) in [6.45, 7) is 5.40. The molecule has 1 atom stereocenters. The molecule has 0 bridgehead atoms. The van der Waals surface area contributed by atoms with Gasteiger partial charge < -0.3 is 14.6 Å². The Labute approximate surface area is 143 Å². The number of aromatic nitrogens is 1. The zero-order valence-electron chi connectivity index (χ0n) is 14.4. The molecular formula is C19H25N3O2. The highest BCUT2D eigenvalue weighted by molar-refractivity contribution is 5.74. The van der Waals surface area contributed by atoms with E-state index in [4.69, 9.17) is 4.42 Å². The topological polar surface area (TPSA) is 58.4 Å². The molecule has 128 valence electrons. The highest BCUT2D eigenvalue weighted by Crippen LogP contribution is 2.31. The van der Waals surface area contributed by atoms with Crippen LogP contribution in [0.5, 0.6) is 0 Å². The summed E-state index contributed by atoms with van der Waals surface area (Å²) in [4.78, 5) is 18.6. The Morgan fingerprint density at radius 2 is 2.21 bits per heavy atom. The molecule has 0 aromatic carbocycles. The van der Waals surface area contributed by atoms with Crippen LogP contribution in [0.2, 0.25) is 0 Å². The third kappa shape index (κ3) is 3.78. The second-order valence-corrected chi connectivity index (χ2v) is 6.44. The van der Waals surface area contributed by atoms with Crippen molar-refractivity contribution in [1.29, 1.82) is 0 Å². The quantitative estimate of drug-likeness (QED) is 0.930. The Balaban J connectivity index is 1.59. The van der Waals surface area contributed by atoms with E-state index in [-0.39, 0.29) is 12.1 Å². The molecule has 2 aromatic heterocycles. The van der Waals surface area contributed by atoms with Gasteiger partial charge in [0.2, 0.25) is 0 Å². The van der Waals surface area contributed by atoms with E-state index in [1.54, 1.807) is 6.20 Å². The molecule has 5 heteroatoms. The number of furan rings is 1. The van der Waals surface area contributed by atoms with Crippen LogP contribution < -0.4 is 5.32 Å². The summed E-state index contributed by atoms with van der Waals surface area (Å²) in [7, 11) is 0. The first kappa shape index (κ1) is 16.6. The summed E-state index contributed by atoms with van der Waals surface area (Å²) in [6, 6.07) is 6.02. The van der Waals surface area contributed by atoms with Crippen LogP contribution in [0.25, 0.3) is 0 Å². The number of amides is 2. The lowest BCUT2D eigenvalue weighted by Gasteiger charge is -2.34. The number of hydrogen-bond acceptors (Lipinski definition) is 3. The maximum atomic E-state index is 12.6. The Bertz CT molecular complexity index is 695. The van der Waals surface area contributed by atoms with Crippen molar-refractivity contribution >= 4 is 6.03 Å². The molecule has 5 nitrogen and oxygen atoms in total. The van der Waals surface area contributed by atoms with Gasteiger partial charge in [-0.3, -0.25) is 4.98 Å². The predicted octanol–water partition coefficient (Wildman–Crippen LogP) is 3.77. The normalized spacial score (nSPS) is 17.8. The molecule has 2 aromatic rings. The lowest BCUT2D eigenvalue weighted by Crippen LogP contribution is -2.45. The van der Waals surface area contributed by atoms with Gasteiger partial charge in [0.15, 0.2) is 0 Å². The van der Waals surface area contributed by atoms with Crippen LogP contribution in [0, 0.1) is 13.8 Å². The molecule has 1 unspecified atom stereocenters. The maximum Gasteiger partial charge on any atom is 0.318 e. The van der Waals surface area contributed by atoms with Gasteiger partial charge in [-0.05, 0) is 68.9 Å². The summed E-state index contributed by atoms with van der Waals surface area (Å²) < 4.78 is 5.76. The van der Waals surface area contributed by atoms with Crippen LogP contribution in [0.1, 0.15) is 48.0 Å². The van der Waals surface area contributed by atoms with E-state index in [9.17, 15) is 4.79 Å². The summed E-state index contributed by atoms with van der Waals surface area (Å²) in [5.74, 6) is 1.79. The van der Waals surface area contributed by atoms with Crippen LogP contribution in [0.4, 0.5) is 4.79 Å². The Morgan fingerprint density at radius 1 is 1.33 bits per heavy atom. The molecule has 1 N–H and O–H groups in total. The van der Waals surface area contributed by atoms with Gasteiger partial charge in [0.1, 0.15) is 11.5 Å². The fraction of sp³-hybridized carbons (Fsp3) is 0.474. The molecule has 3 rings (SSSR count). The van der Waals surface area contributed by atoms with E-state index >= 15 is 0 Å². The van der Waals surface area contributed by atoms with Gasteiger partial charge in [-0.15, -0.1) is 0 Å². The number of aryl methyl sites for hydroxylation is 2. The minimum Gasteiger partial charge on any atom is -0.464 e. The lowest BCUT2D eigenvalue weighted by molar-refractivity contribution is 0.139. The van der Waals surface area contributed by atoms with E-state index in [0.717, 1.165) is 49.3 Å². The van der Waals surface area contributed by atoms with E-state index in [1.807, 2.05) is 43.1 Å². The first-order valence-electron chi connectivity index (χ1n) is 8.65. The standard InChI is InChI=1S/C19H25N3O2/c1-14-13-20-10-8-16(14)9-11-21-19(23)22-12-4-3-5-17(22)18-7-6-15(2)24-18/h6-8,10,13,17H,3-5,9,11-12H2,1-2H3,(H,21,23). The van der Waals surface area contributed by atoms with Crippen LogP contribution in [-0.2, 0) is 6.42 Å². The highest BCUT2D eigenvalue weighted by Gasteiger charge is 2.29. The van der Waals surface area contributed by atoms with Gasteiger partial charge >= 0.3 is 6.03 Å². The minimum atomic E-state index is 0.000428. The average Bonchev–Trinajstić information content (AvgIpc) is 3.03. The smallest absolute Gasteiger partial charge is 0.318 e. The molecule has 1 fully saturated rings. The monoisotopic (exact) mass is 327 g/mol.